The number of ether oxygens (including phenoxy) is 1. The number of alkyl carbamates (subject to hydrolysis) is 1. The zero-order valence-corrected chi connectivity index (χ0v) is 28.1. The first-order valence-electron chi connectivity index (χ1n) is 16.6. The maximum absolute atomic E-state index is 14.5. The summed E-state index contributed by atoms with van der Waals surface area (Å²) < 4.78 is 5.32. The molecule has 0 saturated carbocycles. The lowest BCUT2D eigenvalue weighted by molar-refractivity contribution is -0.129. The number of hydrogen-bond donors (Lipinski definition) is 3. The molecule has 0 saturated heterocycles. The van der Waals surface area contributed by atoms with Gasteiger partial charge in [-0.2, -0.15) is 0 Å². The molecule has 0 radical (unpaired) electrons. The third-order valence-electron chi connectivity index (χ3n) is 8.20. The number of hydrogen-bond acceptors (Lipinski definition) is 6. The van der Waals surface area contributed by atoms with E-state index in [0.29, 0.717) is 28.4 Å². The molecule has 0 fully saturated rings. The van der Waals surface area contributed by atoms with Crippen molar-refractivity contribution in [2.45, 2.75) is 12.6 Å². The number of para-hydroxylation sites is 5. The maximum atomic E-state index is 14.5. The van der Waals surface area contributed by atoms with Gasteiger partial charge in [0, 0.05) is 30.2 Å². The number of amides is 6. The molecule has 5 aromatic carbocycles. The highest BCUT2D eigenvalue weighted by molar-refractivity contribution is 6.25. The van der Waals surface area contributed by atoms with Gasteiger partial charge in [-0.15, -0.1) is 0 Å². The van der Waals surface area contributed by atoms with Crippen LogP contribution in [0.15, 0.2) is 146 Å². The Labute approximate surface area is 300 Å². The van der Waals surface area contributed by atoms with Gasteiger partial charge in [0.05, 0.1) is 11.4 Å². The zero-order valence-electron chi connectivity index (χ0n) is 28.1. The molecular formula is C40H36N6O6. The van der Waals surface area contributed by atoms with Crippen LogP contribution in [0.2, 0.25) is 0 Å². The molecule has 1 atom stereocenters. The van der Waals surface area contributed by atoms with Crippen molar-refractivity contribution in [1.29, 1.82) is 0 Å². The summed E-state index contributed by atoms with van der Waals surface area (Å²) in [7, 11) is 0. The van der Waals surface area contributed by atoms with Crippen molar-refractivity contribution in [3.05, 3.63) is 151 Å². The van der Waals surface area contributed by atoms with Gasteiger partial charge in [-0.1, -0.05) is 97.1 Å². The fraction of sp³-hybridized carbons (Fsp3) is 0.125. The van der Waals surface area contributed by atoms with Gasteiger partial charge in [-0.3, -0.25) is 24.2 Å². The summed E-state index contributed by atoms with van der Waals surface area (Å²) in [4.78, 5) is 72.8. The highest BCUT2D eigenvalue weighted by atomic mass is 16.5. The molecular weight excluding hydrogens is 660 g/mol. The minimum absolute atomic E-state index is 0.0445. The molecule has 6 rings (SSSR count). The van der Waals surface area contributed by atoms with Gasteiger partial charge in [-0.05, 0) is 54.1 Å². The Morgan fingerprint density at radius 2 is 1.25 bits per heavy atom. The quantitative estimate of drug-likeness (QED) is 0.148. The van der Waals surface area contributed by atoms with Crippen LogP contribution in [-0.2, 0) is 25.7 Å². The van der Waals surface area contributed by atoms with Gasteiger partial charge in [0.2, 0.25) is 5.91 Å². The SMILES string of the molecule is O=C(Nc1ccccc1)NC1C(=O)N(CC(=O)N(CCNC(=O)OCc2ccccc2)c2ccccc2)c2ccccc2N(c2ccccc2)C1=O. The van der Waals surface area contributed by atoms with E-state index in [-0.39, 0.29) is 19.7 Å². The van der Waals surface area contributed by atoms with E-state index in [9.17, 15) is 24.0 Å². The van der Waals surface area contributed by atoms with Gasteiger partial charge < -0.3 is 25.6 Å². The lowest BCUT2D eigenvalue weighted by Crippen LogP contribution is -2.57. The molecule has 5 aromatic rings. The number of urea groups is 1. The summed E-state index contributed by atoms with van der Waals surface area (Å²) in [6.45, 7) is -0.314. The molecule has 0 spiro atoms. The van der Waals surface area contributed by atoms with E-state index >= 15 is 0 Å². The summed E-state index contributed by atoms with van der Waals surface area (Å²) in [6, 6.07) is 39.7. The number of rotatable bonds is 11. The van der Waals surface area contributed by atoms with Crippen molar-refractivity contribution < 1.29 is 28.7 Å². The van der Waals surface area contributed by atoms with Crippen molar-refractivity contribution in [3.8, 4) is 0 Å². The number of fused-ring (bicyclic) bond motifs is 1. The Bertz CT molecular complexity index is 2010. The third-order valence-corrected chi connectivity index (χ3v) is 8.20. The number of nitrogens with zero attached hydrogens (tertiary/aromatic N) is 3. The summed E-state index contributed by atoms with van der Waals surface area (Å²) in [5, 5.41) is 7.90. The molecule has 0 bridgehead atoms. The van der Waals surface area contributed by atoms with E-state index in [1.165, 1.54) is 14.7 Å². The van der Waals surface area contributed by atoms with E-state index in [1.807, 2.05) is 30.3 Å². The van der Waals surface area contributed by atoms with Crippen LogP contribution in [0, 0.1) is 0 Å². The molecule has 1 aliphatic heterocycles. The maximum Gasteiger partial charge on any atom is 0.407 e. The summed E-state index contributed by atoms with van der Waals surface area (Å²) in [6.07, 6.45) is -0.650. The van der Waals surface area contributed by atoms with Crippen LogP contribution in [0.5, 0.6) is 0 Å². The van der Waals surface area contributed by atoms with E-state index in [0.717, 1.165) is 5.56 Å². The van der Waals surface area contributed by atoms with E-state index in [1.54, 1.807) is 115 Å². The second kappa shape index (κ2) is 16.6. The number of nitrogens with one attached hydrogen (secondary N) is 3. The number of anilines is 5. The highest BCUT2D eigenvalue weighted by Gasteiger charge is 2.43. The van der Waals surface area contributed by atoms with Gasteiger partial charge in [-0.25, -0.2) is 9.59 Å². The van der Waals surface area contributed by atoms with Gasteiger partial charge in [0.1, 0.15) is 13.2 Å². The molecule has 52 heavy (non-hydrogen) atoms. The molecule has 6 amide bonds. The van der Waals surface area contributed by atoms with Gasteiger partial charge >= 0.3 is 12.1 Å². The van der Waals surface area contributed by atoms with Crippen LogP contribution in [0.3, 0.4) is 0 Å². The predicted octanol–water partition coefficient (Wildman–Crippen LogP) is 5.85. The topological polar surface area (TPSA) is 140 Å². The van der Waals surface area contributed by atoms with Crippen molar-refractivity contribution in [2.24, 2.45) is 0 Å². The van der Waals surface area contributed by atoms with Crippen LogP contribution in [0.4, 0.5) is 38.0 Å². The Morgan fingerprint density at radius 3 is 1.92 bits per heavy atom. The number of carbonyl (C=O) groups excluding carboxylic acids is 5. The average Bonchev–Trinajstić information content (AvgIpc) is 3.26. The van der Waals surface area contributed by atoms with Gasteiger partial charge in [0.15, 0.2) is 6.04 Å². The monoisotopic (exact) mass is 696 g/mol. The van der Waals surface area contributed by atoms with Crippen molar-refractivity contribution in [1.82, 2.24) is 10.6 Å². The second-order valence-electron chi connectivity index (χ2n) is 11.7. The minimum Gasteiger partial charge on any atom is -0.445 e. The summed E-state index contributed by atoms with van der Waals surface area (Å²) >= 11 is 0. The van der Waals surface area contributed by atoms with E-state index in [4.69, 9.17) is 4.74 Å². The summed E-state index contributed by atoms with van der Waals surface area (Å²) in [5.41, 5.74) is 2.92. The Morgan fingerprint density at radius 1 is 0.673 bits per heavy atom. The molecule has 0 aromatic heterocycles. The third kappa shape index (κ3) is 8.43. The number of carbonyl (C=O) groups is 5. The standard InChI is InChI=1S/C40H36N6O6/c47-35(44(31-19-9-3-10-20-31)26-25-41-40(51)52-28-29-15-5-1-6-16-29)27-45-33-23-13-14-24-34(33)46(32-21-11-4-12-22-32)38(49)36(37(45)48)43-39(50)42-30-17-7-2-8-18-30/h1-24,36H,25-28H2,(H,41,51)(H2,42,43,50). The molecule has 12 nitrogen and oxygen atoms in total. The molecule has 0 aliphatic carbocycles. The lowest BCUT2D eigenvalue weighted by atomic mass is 10.2. The highest BCUT2D eigenvalue weighted by Crippen LogP contribution is 2.38. The molecule has 262 valence electrons. The molecule has 1 heterocycles. The molecule has 1 unspecified atom stereocenters. The van der Waals surface area contributed by atoms with Crippen LogP contribution in [-0.4, -0.2) is 55.5 Å². The zero-order chi connectivity index (χ0) is 36.3. The predicted molar refractivity (Wildman–Crippen MR) is 198 cm³/mol. The molecule has 1 aliphatic rings. The average molecular weight is 697 g/mol. The first kappa shape index (κ1) is 34.9. The Balaban J connectivity index is 1.27. The van der Waals surface area contributed by atoms with Gasteiger partial charge in [0.25, 0.3) is 11.8 Å². The Hall–Kier alpha value is -6.95. The van der Waals surface area contributed by atoms with Crippen LogP contribution < -0.4 is 30.7 Å². The van der Waals surface area contributed by atoms with Crippen LogP contribution >= 0.6 is 0 Å². The summed E-state index contributed by atoms with van der Waals surface area (Å²) in [5.74, 6) is -2.01. The Kier molecular flexibility index (Phi) is 11.2. The largest absolute Gasteiger partial charge is 0.445 e. The van der Waals surface area contributed by atoms with E-state index in [2.05, 4.69) is 16.0 Å². The minimum atomic E-state index is -1.70. The fourth-order valence-electron chi connectivity index (χ4n) is 5.73. The van der Waals surface area contributed by atoms with Crippen molar-refractivity contribution in [3.63, 3.8) is 0 Å². The first-order valence-corrected chi connectivity index (χ1v) is 16.6. The van der Waals surface area contributed by atoms with Crippen molar-refractivity contribution >= 4 is 58.3 Å². The first-order chi connectivity index (χ1) is 25.4. The lowest BCUT2D eigenvalue weighted by Gasteiger charge is -2.29. The molecule has 12 heteroatoms. The van der Waals surface area contributed by atoms with E-state index < -0.39 is 42.4 Å². The fourth-order valence-corrected chi connectivity index (χ4v) is 5.73. The van der Waals surface area contributed by atoms with Crippen molar-refractivity contribution in [2.75, 3.05) is 39.7 Å². The smallest absolute Gasteiger partial charge is 0.407 e. The number of benzene rings is 5. The normalized spacial score (nSPS) is 13.7. The molecule has 3 N–H and O–H groups in total. The van der Waals surface area contributed by atoms with Crippen LogP contribution in [0.25, 0.3) is 0 Å². The second-order valence-corrected chi connectivity index (χ2v) is 11.7. The van der Waals surface area contributed by atoms with Crippen LogP contribution in [0.1, 0.15) is 5.56 Å².